The molecule has 0 spiro atoms. The maximum Gasteiger partial charge on any atom is 0.218 e. The molecule has 0 fully saturated rings. The van der Waals surface area contributed by atoms with E-state index in [1.165, 1.54) is 0 Å². The van der Waals surface area contributed by atoms with E-state index in [4.69, 9.17) is 16.3 Å². The number of thiophene rings is 1. The number of hydrogen-bond acceptors (Lipinski definition) is 4. The summed E-state index contributed by atoms with van der Waals surface area (Å²) >= 11 is 7.43. The molecule has 3 nitrogen and oxygen atoms in total. The van der Waals surface area contributed by atoms with Crippen molar-refractivity contribution >= 4 is 22.9 Å². The normalized spacial score (nSPS) is 10.3. The molecule has 0 aromatic carbocycles. The molecule has 0 aliphatic rings. The lowest BCUT2D eigenvalue weighted by molar-refractivity contribution is 0.296. The molecule has 2 rings (SSSR count). The zero-order valence-electron chi connectivity index (χ0n) is 8.11. The molecular weight excluding hydrogens is 232 g/mol. The van der Waals surface area contributed by atoms with Gasteiger partial charge >= 0.3 is 0 Å². The lowest BCUT2D eigenvalue weighted by Crippen LogP contribution is -1.97. The van der Waals surface area contributed by atoms with Gasteiger partial charge in [-0.1, -0.05) is 17.7 Å². The lowest BCUT2D eigenvalue weighted by atomic mass is 10.5. The van der Waals surface area contributed by atoms with Gasteiger partial charge in [0.05, 0.1) is 0 Å². The Bertz CT molecular complexity index is 424. The molecule has 0 amide bonds. The van der Waals surface area contributed by atoms with Gasteiger partial charge in [0, 0.05) is 10.9 Å². The van der Waals surface area contributed by atoms with E-state index in [2.05, 4.69) is 9.97 Å². The van der Waals surface area contributed by atoms with Crippen molar-refractivity contribution in [3.05, 3.63) is 39.4 Å². The third-order valence-corrected chi connectivity index (χ3v) is 2.77. The number of aryl methyl sites for hydroxylation is 1. The van der Waals surface area contributed by atoms with Gasteiger partial charge in [-0.15, -0.1) is 11.3 Å². The van der Waals surface area contributed by atoms with Crippen LogP contribution in [0.4, 0.5) is 0 Å². The molecular formula is C10H9ClN2OS. The van der Waals surface area contributed by atoms with Crippen molar-refractivity contribution in [2.45, 2.75) is 13.5 Å². The summed E-state index contributed by atoms with van der Waals surface area (Å²) in [6, 6.07) is 5.62. The van der Waals surface area contributed by atoms with Gasteiger partial charge in [0.1, 0.15) is 17.6 Å². The number of ether oxygens (including phenoxy) is 1. The third kappa shape index (κ3) is 2.91. The molecule has 0 unspecified atom stereocenters. The summed E-state index contributed by atoms with van der Waals surface area (Å²) < 4.78 is 5.49. The number of halogens is 1. The van der Waals surface area contributed by atoms with Gasteiger partial charge in [-0.3, -0.25) is 0 Å². The maximum atomic E-state index is 5.78. The van der Waals surface area contributed by atoms with E-state index in [0.29, 0.717) is 23.5 Å². The van der Waals surface area contributed by atoms with Gasteiger partial charge in [-0.2, -0.15) is 4.98 Å². The van der Waals surface area contributed by atoms with Crippen LogP contribution in [-0.4, -0.2) is 9.97 Å². The number of aromatic nitrogens is 2. The minimum Gasteiger partial charge on any atom is -0.472 e. The van der Waals surface area contributed by atoms with Crippen molar-refractivity contribution in [1.82, 2.24) is 9.97 Å². The molecule has 0 atom stereocenters. The topological polar surface area (TPSA) is 35.0 Å². The number of rotatable bonds is 3. The van der Waals surface area contributed by atoms with Crippen molar-refractivity contribution in [2.75, 3.05) is 0 Å². The fourth-order valence-electron chi connectivity index (χ4n) is 1.12. The molecule has 2 aromatic heterocycles. The van der Waals surface area contributed by atoms with Gasteiger partial charge < -0.3 is 4.74 Å². The van der Waals surface area contributed by atoms with Crippen LogP contribution in [0.25, 0.3) is 0 Å². The van der Waals surface area contributed by atoms with E-state index >= 15 is 0 Å². The van der Waals surface area contributed by atoms with Crippen LogP contribution in [0.1, 0.15) is 10.7 Å². The first kappa shape index (κ1) is 10.4. The molecule has 2 aromatic rings. The fraction of sp³-hybridized carbons (Fsp3) is 0.200. The van der Waals surface area contributed by atoms with Gasteiger partial charge in [-0.25, -0.2) is 4.98 Å². The molecule has 0 aliphatic carbocycles. The van der Waals surface area contributed by atoms with Crippen molar-refractivity contribution in [3.8, 4) is 5.88 Å². The summed E-state index contributed by atoms with van der Waals surface area (Å²) in [5.74, 6) is 1.13. The SMILES string of the molecule is Cc1nc(Cl)cc(OCc2cccs2)n1. The zero-order valence-corrected chi connectivity index (χ0v) is 9.68. The van der Waals surface area contributed by atoms with E-state index in [9.17, 15) is 0 Å². The van der Waals surface area contributed by atoms with Crippen LogP contribution in [0.15, 0.2) is 23.6 Å². The average Bonchev–Trinajstić information content (AvgIpc) is 2.65. The smallest absolute Gasteiger partial charge is 0.218 e. The molecule has 78 valence electrons. The minimum absolute atomic E-state index is 0.406. The molecule has 0 N–H and O–H groups in total. The first-order valence-corrected chi connectivity index (χ1v) is 5.66. The first-order chi connectivity index (χ1) is 7.24. The maximum absolute atomic E-state index is 5.78. The Hall–Kier alpha value is -1.13. The Morgan fingerprint density at radius 2 is 2.33 bits per heavy atom. The van der Waals surface area contributed by atoms with Gasteiger partial charge in [0.15, 0.2) is 0 Å². The number of nitrogens with zero attached hydrogens (tertiary/aromatic N) is 2. The first-order valence-electron chi connectivity index (χ1n) is 4.40. The highest BCUT2D eigenvalue weighted by molar-refractivity contribution is 7.09. The predicted molar refractivity (Wildman–Crippen MR) is 60.4 cm³/mol. The summed E-state index contributed by atoms with van der Waals surface area (Å²) in [5, 5.41) is 2.42. The highest BCUT2D eigenvalue weighted by Crippen LogP contribution is 2.16. The third-order valence-electron chi connectivity index (χ3n) is 1.73. The van der Waals surface area contributed by atoms with Gasteiger partial charge in [0.2, 0.25) is 5.88 Å². The Kier molecular flexibility index (Phi) is 3.18. The molecule has 0 radical (unpaired) electrons. The van der Waals surface area contributed by atoms with Crippen LogP contribution >= 0.6 is 22.9 Å². The van der Waals surface area contributed by atoms with Crippen molar-refractivity contribution in [1.29, 1.82) is 0 Å². The Balaban J connectivity index is 2.05. The predicted octanol–water partition coefficient (Wildman–Crippen LogP) is 3.08. The largest absolute Gasteiger partial charge is 0.472 e. The van der Waals surface area contributed by atoms with Crippen molar-refractivity contribution < 1.29 is 4.74 Å². The van der Waals surface area contributed by atoms with Crippen LogP contribution in [0.5, 0.6) is 5.88 Å². The van der Waals surface area contributed by atoms with Crippen LogP contribution in [0.2, 0.25) is 5.15 Å². The summed E-state index contributed by atoms with van der Waals surface area (Å²) in [4.78, 5) is 9.23. The zero-order chi connectivity index (χ0) is 10.7. The second-order valence-corrected chi connectivity index (χ2v) is 4.36. The van der Waals surface area contributed by atoms with E-state index < -0.39 is 0 Å². The Morgan fingerprint density at radius 3 is 3.00 bits per heavy atom. The highest BCUT2D eigenvalue weighted by Gasteiger charge is 2.01. The second kappa shape index (κ2) is 4.59. The minimum atomic E-state index is 0.406. The van der Waals surface area contributed by atoms with Crippen LogP contribution in [0.3, 0.4) is 0 Å². The summed E-state index contributed by atoms with van der Waals surface area (Å²) in [6.45, 7) is 2.30. The number of hydrogen-bond donors (Lipinski definition) is 0. The molecule has 5 heteroatoms. The Labute approximate surface area is 96.7 Å². The van der Waals surface area contributed by atoms with Gasteiger partial charge in [0.25, 0.3) is 0 Å². The fourth-order valence-corrected chi connectivity index (χ4v) is 1.95. The van der Waals surface area contributed by atoms with E-state index in [1.807, 2.05) is 17.5 Å². The molecule has 15 heavy (non-hydrogen) atoms. The molecule has 0 saturated carbocycles. The van der Waals surface area contributed by atoms with Crippen molar-refractivity contribution in [2.24, 2.45) is 0 Å². The molecule has 0 aliphatic heterocycles. The summed E-state index contributed by atoms with van der Waals surface area (Å²) in [5.41, 5.74) is 0. The lowest BCUT2D eigenvalue weighted by Gasteiger charge is -2.04. The monoisotopic (exact) mass is 240 g/mol. The highest BCUT2D eigenvalue weighted by atomic mass is 35.5. The van der Waals surface area contributed by atoms with E-state index in [-0.39, 0.29) is 0 Å². The van der Waals surface area contributed by atoms with E-state index in [0.717, 1.165) is 4.88 Å². The second-order valence-electron chi connectivity index (χ2n) is 2.94. The quantitative estimate of drug-likeness (QED) is 0.774. The average molecular weight is 241 g/mol. The van der Waals surface area contributed by atoms with Crippen LogP contribution in [-0.2, 0) is 6.61 Å². The molecule has 2 heterocycles. The van der Waals surface area contributed by atoms with Crippen molar-refractivity contribution in [3.63, 3.8) is 0 Å². The van der Waals surface area contributed by atoms with E-state index in [1.54, 1.807) is 24.3 Å². The molecule has 0 bridgehead atoms. The van der Waals surface area contributed by atoms with Crippen LogP contribution in [0, 0.1) is 6.92 Å². The van der Waals surface area contributed by atoms with Gasteiger partial charge in [-0.05, 0) is 18.4 Å². The Morgan fingerprint density at radius 1 is 1.47 bits per heavy atom. The molecule has 0 saturated heterocycles. The standard InChI is InChI=1S/C10H9ClN2OS/c1-7-12-9(11)5-10(13-7)14-6-8-3-2-4-15-8/h2-5H,6H2,1H3. The summed E-state index contributed by atoms with van der Waals surface area (Å²) in [6.07, 6.45) is 0. The van der Waals surface area contributed by atoms with Crippen LogP contribution < -0.4 is 4.74 Å². The summed E-state index contributed by atoms with van der Waals surface area (Å²) in [7, 11) is 0.